The van der Waals surface area contributed by atoms with Crippen LogP contribution in [-0.4, -0.2) is 62.4 Å². The Kier molecular flexibility index (Phi) is 5.74. The first kappa shape index (κ1) is 16.4. The van der Waals surface area contributed by atoms with Gasteiger partial charge in [0.05, 0.1) is 12.7 Å². The summed E-state index contributed by atoms with van der Waals surface area (Å²) in [5.74, 6) is 0. The van der Waals surface area contributed by atoms with E-state index in [-0.39, 0.29) is 4.90 Å². The van der Waals surface area contributed by atoms with Gasteiger partial charge in [-0.1, -0.05) is 6.92 Å². The van der Waals surface area contributed by atoms with Crippen LogP contribution in [0.3, 0.4) is 0 Å². The summed E-state index contributed by atoms with van der Waals surface area (Å²) >= 11 is 0. The van der Waals surface area contributed by atoms with E-state index >= 15 is 0 Å². The van der Waals surface area contributed by atoms with Crippen LogP contribution < -0.4 is 10.0 Å². The van der Waals surface area contributed by atoms with Crippen LogP contribution in [0.1, 0.15) is 19.8 Å². The summed E-state index contributed by atoms with van der Waals surface area (Å²) in [6.45, 7) is 5.53. The molecule has 7 nitrogen and oxygen atoms in total. The molecule has 0 bridgehead atoms. The molecule has 120 valence electrons. The zero-order valence-electron chi connectivity index (χ0n) is 12.7. The molecule has 1 aliphatic rings. The van der Waals surface area contributed by atoms with Crippen LogP contribution in [0.2, 0.25) is 0 Å². The van der Waals surface area contributed by atoms with Crippen LogP contribution in [0.5, 0.6) is 0 Å². The average Bonchev–Trinajstić information content (AvgIpc) is 3.13. The minimum absolute atomic E-state index is 0.230. The van der Waals surface area contributed by atoms with Gasteiger partial charge in [0.1, 0.15) is 4.90 Å². The van der Waals surface area contributed by atoms with Crippen molar-refractivity contribution in [1.82, 2.24) is 24.7 Å². The molecule has 2 rings (SSSR count). The van der Waals surface area contributed by atoms with Crippen molar-refractivity contribution in [2.45, 2.75) is 37.2 Å². The standard InChI is InChI=1S/C13H25N5O2S/c1-3-17(2)8-7-16-21(19,20)13-10-15-18(11-13)9-6-14-12-4-5-12/h10-12,14,16H,3-9H2,1-2H3. The maximum absolute atomic E-state index is 12.1. The quantitative estimate of drug-likeness (QED) is 0.628. The fourth-order valence-electron chi connectivity index (χ4n) is 1.89. The highest BCUT2D eigenvalue weighted by atomic mass is 32.2. The van der Waals surface area contributed by atoms with Gasteiger partial charge in [-0.25, -0.2) is 13.1 Å². The SMILES string of the molecule is CCN(C)CCNS(=O)(=O)c1cnn(CCNC2CC2)c1. The summed E-state index contributed by atoms with van der Waals surface area (Å²) in [5, 5.41) is 7.48. The van der Waals surface area contributed by atoms with Crippen molar-refractivity contribution < 1.29 is 8.42 Å². The van der Waals surface area contributed by atoms with Gasteiger partial charge in [-0.15, -0.1) is 0 Å². The third-order valence-electron chi connectivity index (χ3n) is 3.60. The Balaban J connectivity index is 1.80. The van der Waals surface area contributed by atoms with Crippen molar-refractivity contribution >= 4 is 10.0 Å². The molecule has 2 N–H and O–H groups in total. The van der Waals surface area contributed by atoms with Crippen molar-refractivity contribution in [2.75, 3.05) is 33.2 Å². The molecule has 1 saturated carbocycles. The first-order valence-electron chi connectivity index (χ1n) is 7.45. The fraction of sp³-hybridized carbons (Fsp3) is 0.769. The summed E-state index contributed by atoms with van der Waals surface area (Å²) in [6.07, 6.45) is 5.48. The number of aromatic nitrogens is 2. The van der Waals surface area contributed by atoms with Gasteiger partial charge in [0, 0.05) is 31.9 Å². The number of hydrogen-bond acceptors (Lipinski definition) is 5. The Labute approximate surface area is 126 Å². The Morgan fingerprint density at radius 2 is 2.19 bits per heavy atom. The number of nitrogens with one attached hydrogen (secondary N) is 2. The second kappa shape index (κ2) is 7.35. The first-order chi connectivity index (χ1) is 10.0. The molecule has 0 radical (unpaired) electrons. The van der Waals surface area contributed by atoms with Gasteiger partial charge in [-0.05, 0) is 26.4 Å². The largest absolute Gasteiger partial charge is 0.312 e. The monoisotopic (exact) mass is 315 g/mol. The van der Waals surface area contributed by atoms with Gasteiger partial charge in [-0.3, -0.25) is 4.68 Å². The maximum Gasteiger partial charge on any atom is 0.243 e. The molecule has 1 fully saturated rings. The van der Waals surface area contributed by atoms with E-state index in [4.69, 9.17) is 0 Å². The molecule has 1 aromatic rings. The zero-order valence-corrected chi connectivity index (χ0v) is 13.6. The predicted molar refractivity (Wildman–Crippen MR) is 81.6 cm³/mol. The number of sulfonamides is 1. The summed E-state index contributed by atoms with van der Waals surface area (Å²) in [5.41, 5.74) is 0. The van der Waals surface area contributed by atoms with E-state index in [9.17, 15) is 8.42 Å². The molecule has 0 aromatic carbocycles. The van der Waals surface area contributed by atoms with Gasteiger partial charge in [0.2, 0.25) is 10.0 Å². The molecule has 0 spiro atoms. The Morgan fingerprint density at radius 1 is 1.43 bits per heavy atom. The first-order valence-corrected chi connectivity index (χ1v) is 8.93. The molecular formula is C13H25N5O2S. The average molecular weight is 315 g/mol. The fourth-order valence-corrected chi connectivity index (χ4v) is 2.86. The lowest BCUT2D eigenvalue weighted by molar-refractivity contribution is 0.358. The van der Waals surface area contributed by atoms with Crippen molar-refractivity contribution in [1.29, 1.82) is 0 Å². The number of hydrogen-bond donors (Lipinski definition) is 2. The van der Waals surface area contributed by atoms with Crippen LogP contribution in [0.25, 0.3) is 0 Å². The Hall–Kier alpha value is -0.960. The molecule has 0 saturated heterocycles. The Bertz CT molecular complexity index is 539. The van der Waals surface area contributed by atoms with Crippen molar-refractivity contribution in [3.63, 3.8) is 0 Å². The van der Waals surface area contributed by atoms with E-state index in [0.717, 1.165) is 13.1 Å². The lowest BCUT2D eigenvalue weighted by Crippen LogP contribution is -2.32. The van der Waals surface area contributed by atoms with Crippen molar-refractivity contribution in [3.8, 4) is 0 Å². The van der Waals surface area contributed by atoms with Gasteiger partial charge in [0.15, 0.2) is 0 Å². The minimum Gasteiger partial charge on any atom is -0.312 e. The van der Waals surface area contributed by atoms with Crippen LogP contribution >= 0.6 is 0 Å². The topological polar surface area (TPSA) is 79.3 Å². The molecule has 1 aromatic heterocycles. The summed E-state index contributed by atoms with van der Waals surface area (Å²) in [4.78, 5) is 2.28. The third-order valence-corrected chi connectivity index (χ3v) is 5.01. The number of rotatable bonds is 10. The van der Waals surface area contributed by atoms with Crippen LogP contribution in [0, 0.1) is 0 Å². The molecule has 0 amide bonds. The van der Waals surface area contributed by atoms with Gasteiger partial charge in [0.25, 0.3) is 0 Å². The molecule has 1 heterocycles. The van der Waals surface area contributed by atoms with E-state index < -0.39 is 10.0 Å². The molecule has 21 heavy (non-hydrogen) atoms. The molecule has 0 aliphatic heterocycles. The third kappa shape index (κ3) is 5.39. The second-order valence-corrected chi connectivity index (χ2v) is 7.23. The van der Waals surface area contributed by atoms with E-state index in [2.05, 4.69) is 20.0 Å². The molecule has 0 atom stereocenters. The molecular weight excluding hydrogens is 290 g/mol. The van der Waals surface area contributed by atoms with Crippen LogP contribution in [-0.2, 0) is 16.6 Å². The van der Waals surface area contributed by atoms with Crippen molar-refractivity contribution in [2.24, 2.45) is 0 Å². The number of nitrogens with zero attached hydrogens (tertiary/aromatic N) is 3. The highest BCUT2D eigenvalue weighted by Gasteiger charge is 2.20. The van der Waals surface area contributed by atoms with Crippen LogP contribution in [0.15, 0.2) is 17.3 Å². The molecule has 1 aliphatic carbocycles. The summed E-state index contributed by atoms with van der Waals surface area (Å²) < 4.78 is 28.5. The minimum atomic E-state index is -3.45. The number of likely N-dealkylation sites (N-methyl/N-ethyl adjacent to an activating group) is 1. The lowest BCUT2D eigenvalue weighted by atomic mass is 10.5. The van der Waals surface area contributed by atoms with Crippen LogP contribution in [0.4, 0.5) is 0 Å². The highest BCUT2D eigenvalue weighted by Crippen LogP contribution is 2.18. The summed E-state index contributed by atoms with van der Waals surface area (Å²) in [7, 11) is -1.50. The maximum atomic E-state index is 12.1. The van der Waals surface area contributed by atoms with Gasteiger partial charge < -0.3 is 10.2 Å². The normalized spacial score (nSPS) is 15.8. The van der Waals surface area contributed by atoms with Crippen molar-refractivity contribution in [3.05, 3.63) is 12.4 Å². The van der Waals surface area contributed by atoms with E-state index in [0.29, 0.717) is 25.7 Å². The van der Waals surface area contributed by atoms with E-state index in [1.54, 1.807) is 10.9 Å². The van der Waals surface area contributed by atoms with E-state index in [1.807, 2.05) is 14.0 Å². The lowest BCUT2D eigenvalue weighted by Gasteiger charge is -2.13. The predicted octanol–water partition coefficient (Wildman–Crippen LogP) is -0.135. The Morgan fingerprint density at radius 3 is 2.86 bits per heavy atom. The summed E-state index contributed by atoms with van der Waals surface area (Å²) in [6, 6.07) is 0.654. The van der Waals surface area contributed by atoms with E-state index in [1.165, 1.54) is 19.0 Å². The van der Waals surface area contributed by atoms with Gasteiger partial charge >= 0.3 is 0 Å². The molecule has 8 heteroatoms. The second-order valence-electron chi connectivity index (χ2n) is 5.46. The molecule has 0 unspecified atom stereocenters. The van der Waals surface area contributed by atoms with Gasteiger partial charge in [-0.2, -0.15) is 5.10 Å². The highest BCUT2D eigenvalue weighted by molar-refractivity contribution is 7.89. The smallest absolute Gasteiger partial charge is 0.243 e. The zero-order chi connectivity index (χ0) is 15.3.